The van der Waals surface area contributed by atoms with E-state index in [1.807, 2.05) is 6.07 Å². The zero-order chi connectivity index (χ0) is 14.5. The number of nitrogens with one attached hydrogen (secondary N) is 1. The maximum Gasteiger partial charge on any atom is 0.264 e. The van der Waals surface area contributed by atoms with Crippen LogP contribution in [0, 0.1) is 0 Å². The van der Waals surface area contributed by atoms with E-state index in [4.69, 9.17) is 4.74 Å². The number of ether oxygens (including phenoxy) is 1. The number of halogens is 1. The molecule has 1 fully saturated rings. The van der Waals surface area contributed by atoms with Gasteiger partial charge < -0.3 is 15.0 Å². The average molecular weight is 361 g/mol. The second-order valence-corrected chi connectivity index (χ2v) is 7.17. The SMILES string of the molecule is CN(CC(=O)NCC1CCCO1)C(=O)c1ccc(Br)s1. The summed E-state index contributed by atoms with van der Waals surface area (Å²) in [6.07, 6.45) is 2.15. The molecule has 0 spiro atoms. The lowest BCUT2D eigenvalue weighted by Crippen LogP contribution is -2.40. The molecule has 1 aromatic rings. The summed E-state index contributed by atoms with van der Waals surface area (Å²) >= 11 is 4.68. The van der Waals surface area contributed by atoms with Crippen LogP contribution >= 0.6 is 27.3 Å². The van der Waals surface area contributed by atoms with Crippen molar-refractivity contribution in [2.45, 2.75) is 18.9 Å². The third-order valence-electron chi connectivity index (χ3n) is 3.06. The Labute approximate surface area is 130 Å². The standard InChI is InChI=1S/C13H17BrN2O3S/c1-16(13(18)10-4-5-11(14)20-10)8-12(17)15-7-9-3-2-6-19-9/h4-5,9H,2-3,6-8H2,1H3,(H,15,17). The molecule has 1 aliphatic heterocycles. The van der Waals surface area contributed by atoms with E-state index < -0.39 is 0 Å². The molecular formula is C13H17BrN2O3S. The van der Waals surface area contributed by atoms with Crippen LogP contribution in [0.4, 0.5) is 0 Å². The van der Waals surface area contributed by atoms with E-state index in [0.29, 0.717) is 11.4 Å². The van der Waals surface area contributed by atoms with E-state index in [9.17, 15) is 9.59 Å². The molecule has 5 nitrogen and oxygen atoms in total. The van der Waals surface area contributed by atoms with E-state index >= 15 is 0 Å². The molecule has 1 aromatic heterocycles. The van der Waals surface area contributed by atoms with Crippen LogP contribution in [-0.4, -0.2) is 49.6 Å². The summed E-state index contributed by atoms with van der Waals surface area (Å²) in [4.78, 5) is 25.9. The molecule has 0 radical (unpaired) electrons. The van der Waals surface area contributed by atoms with Crippen molar-refractivity contribution in [3.05, 3.63) is 20.8 Å². The first-order valence-electron chi connectivity index (χ1n) is 6.45. The molecule has 20 heavy (non-hydrogen) atoms. The monoisotopic (exact) mass is 360 g/mol. The van der Waals surface area contributed by atoms with Crippen LogP contribution in [0.2, 0.25) is 0 Å². The summed E-state index contributed by atoms with van der Waals surface area (Å²) in [6.45, 7) is 1.35. The highest BCUT2D eigenvalue weighted by Gasteiger charge is 2.19. The van der Waals surface area contributed by atoms with Gasteiger partial charge in [0.2, 0.25) is 5.91 Å². The number of rotatable bonds is 5. The van der Waals surface area contributed by atoms with E-state index in [1.165, 1.54) is 16.2 Å². The van der Waals surface area contributed by atoms with Crippen LogP contribution < -0.4 is 5.32 Å². The number of thiophene rings is 1. The van der Waals surface area contributed by atoms with Gasteiger partial charge in [0, 0.05) is 20.2 Å². The first kappa shape index (κ1) is 15.5. The highest BCUT2D eigenvalue weighted by molar-refractivity contribution is 9.11. The van der Waals surface area contributed by atoms with Gasteiger partial charge in [-0.3, -0.25) is 9.59 Å². The van der Waals surface area contributed by atoms with Gasteiger partial charge in [0.05, 0.1) is 21.3 Å². The molecule has 110 valence electrons. The molecule has 7 heteroatoms. The van der Waals surface area contributed by atoms with Crippen LogP contribution in [0.5, 0.6) is 0 Å². The first-order valence-corrected chi connectivity index (χ1v) is 8.06. The molecule has 0 saturated carbocycles. The Balaban J connectivity index is 1.76. The van der Waals surface area contributed by atoms with E-state index in [2.05, 4.69) is 21.2 Å². The minimum atomic E-state index is -0.160. The van der Waals surface area contributed by atoms with E-state index in [1.54, 1.807) is 13.1 Å². The topological polar surface area (TPSA) is 58.6 Å². The minimum absolute atomic E-state index is 0.0566. The molecule has 2 rings (SSSR count). The van der Waals surface area contributed by atoms with Crippen molar-refractivity contribution in [2.24, 2.45) is 0 Å². The Hall–Kier alpha value is -0.920. The highest BCUT2D eigenvalue weighted by Crippen LogP contribution is 2.22. The largest absolute Gasteiger partial charge is 0.376 e. The number of nitrogens with zero attached hydrogens (tertiary/aromatic N) is 1. The molecule has 0 bridgehead atoms. The van der Waals surface area contributed by atoms with Crippen LogP contribution in [-0.2, 0) is 9.53 Å². The van der Waals surface area contributed by atoms with E-state index in [-0.39, 0.29) is 24.5 Å². The minimum Gasteiger partial charge on any atom is -0.376 e. The van der Waals surface area contributed by atoms with Gasteiger partial charge in [-0.05, 0) is 40.9 Å². The number of hydrogen-bond donors (Lipinski definition) is 1. The maximum absolute atomic E-state index is 12.1. The van der Waals surface area contributed by atoms with Crippen LogP contribution in [0.15, 0.2) is 15.9 Å². The summed E-state index contributed by atoms with van der Waals surface area (Å²) in [5, 5.41) is 2.80. The number of carbonyl (C=O) groups excluding carboxylic acids is 2. The average Bonchev–Trinajstić information content (AvgIpc) is 3.06. The van der Waals surface area contributed by atoms with Crippen LogP contribution in [0.3, 0.4) is 0 Å². The molecule has 0 aliphatic carbocycles. The zero-order valence-electron chi connectivity index (χ0n) is 11.2. The maximum atomic E-state index is 12.1. The van der Waals surface area contributed by atoms with Crippen molar-refractivity contribution in [1.29, 1.82) is 0 Å². The van der Waals surface area contributed by atoms with Gasteiger partial charge in [0.15, 0.2) is 0 Å². The fourth-order valence-corrected chi connectivity index (χ4v) is 3.37. The Morgan fingerprint density at radius 1 is 1.55 bits per heavy atom. The van der Waals surface area contributed by atoms with Gasteiger partial charge in [-0.15, -0.1) is 11.3 Å². The van der Waals surface area contributed by atoms with Crippen molar-refractivity contribution in [3.63, 3.8) is 0 Å². The Kier molecular flexibility index (Phi) is 5.56. The van der Waals surface area contributed by atoms with Crippen molar-refractivity contribution in [1.82, 2.24) is 10.2 Å². The second kappa shape index (κ2) is 7.19. The second-order valence-electron chi connectivity index (χ2n) is 4.70. The summed E-state index contributed by atoms with van der Waals surface area (Å²) in [5.74, 6) is -0.306. The fourth-order valence-electron chi connectivity index (χ4n) is 1.99. The molecule has 1 saturated heterocycles. The number of likely N-dealkylation sites (N-methyl/N-ethyl adjacent to an activating group) is 1. The van der Waals surface area contributed by atoms with Gasteiger partial charge in [-0.2, -0.15) is 0 Å². The van der Waals surface area contributed by atoms with Gasteiger partial charge in [0.25, 0.3) is 5.91 Å². The summed E-state index contributed by atoms with van der Waals surface area (Å²) in [5.41, 5.74) is 0. The lowest BCUT2D eigenvalue weighted by atomic mass is 10.2. The lowest BCUT2D eigenvalue weighted by Gasteiger charge is -2.17. The number of amides is 2. The number of carbonyl (C=O) groups is 2. The molecule has 0 aromatic carbocycles. The molecule has 1 N–H and O–H groups in total. The molecule has 1 unspecified atom stereocenters. The third kappa shape index (κ3) is 4.29. The molecular weight excluding hydrogens is 344 g/mol. The molecule has 2 amide bonds. The highest BCUT2D eigenvalue weighted by atomic mass is 79.9. The normalized spacial score (nSPS) is 18.0. The van der Waals surface area contributed by atoms with Crippen LogP contribution in [0.1, 0.15) is 22.5 Å². The van der Waals surface area contributed by atoms with Gasteiger partial charge >= 0.3 is 0 Å². The Morgan fingerprint density at radius 2 is 2.35 bits per heavy atom. The molecule has 1 atom stereocenters. The van der Waals surface area contributed by atoms with Crippen molar-refractivity contribution in [2.75, 3.05) is 26.7 Å². The van der Waals surface area contributed by atoms with Gasteiger partial charge in [-0.1, -0.05) is 0 Å². The summed E-state index contributed by atoms with van der Waals surface area (Å²) < 4.78 is 6.33. The fraction of sp³-hybridized carbons (Fsp3) is 0.538. The predicted molar refractivity (Wildman–Crippen MR) is 81.0 cm³/mol. The Morgan fingerprint density at radius 3 is 2.95 bits per heavy atom. The van der Waals surface area contributed by atoms with Crippen molar-refractivity contribution >= 4 is 39.1 Å². The zero-order valence-corrected chi connectivity index (χ0v) is 13.6. The van der Waals surface area contributed by atoms with Crippen molar-refractivity contribution in [3.8, 4) is 0 Å². The number of hydrogen-bond acceptors (Lipinski definition) is 4. The first-order chi connectivity index (χ1) is 9.56. The third-order valence-corrected chi connectivity index (χ3v) is 4.67. The van der Waals surface area contributed by atoms with Crippen LogP contribution in [0.25, 0.3) is 0 Å². The molecule has 1 aliphatic rings. The quantitative estimate of drug-likeness (QED) is 0.871. The Bertz CT molecular complexity index is 486. The molecule has 2 heterocycles. The lowest BCUT2D eigenvalue weighted by molar-refractivity contribution is -0.122. The summed E-state index contributed by atoms with van der Waals surface area (Å²) in [6, 6.07) is 3.57. The van der Waals surface area contributed by atoms with Gasteiger partial charge in [0.1, 0.15) is 0 Å². The smallest absolute Gasteiger partial charge is 0.264 e. The van der Waals surface area contributed by atoms with Crippen molar-refractivity contribution < 1.29 is 14.3 Å². The predicted octanol–water partition coefficient (Wildman–Crippen LogP) is 1.88. The van der Waals surface area contributed by atoms with E-state index in [0.717, 1.165) is 23.2 Å². The summed E-state index contributed by atoms with van der Waals surface area (Å²) in [7, 11) is 1.63. The van der Waals surface area contributed by atoms with Gasteiger partial charge in [-0.25, -0.2) is 0 Å².